The van der Waals surface area contributed by atoms with Crippen molar-refractivity contribution in [3.05, 3.63) is 85.0 Å². The van der Waals surface area contributed by atoms with Crippen molar-refractivity contribution < 1.29 is 33.5 Å². The van der Waals surface area contributed by atoms with Gasteiger partial charge in [-0.2, -0.15) is 0 Å². The normalized spacial score (nSPS) is 23.1. The van der Waals surface area contributed by atoms with Gasteiger partial charge in [0, 0.05) is 23.6 Å². The minimum absolute atomic E-state index is 0.157. The van der Waals surface area contributed by atoms with Gasteiger partial charge in [0.25, 0.3) is 0 Å². The van der Waals surface area contributed by atoms with E-state index in [0.29, 0.717) is 18.6 Å². The molecular weight excluding hydrogens is 636 g/mol. The highest BCUT2D eigenvalue weighted by Crippen LogP contribution is 2.47. The summed E-state index contributed by atoms with van der Waals surface area (Å²) in [7, 11) is 0. The van der Waals surface area contributed by atoms with E-state index in [1.807, 2.05) is 48.5 Å². The zero-order valence-corrected chi connectivity index (χ0v) is 29.4. The minimum atomic E-state index is -1.24. The topological polar surface area (TPSA) is 136 Å². The predicted octanol–water partition coefficient (Wildman–Crippen LogP) is 6.08. The van der Waals surface area contributed by atoms with Gasteiger partial charge < -0.3 is 19.6 Å². The van der Waals surface area contributed by atoms with Crippen LogP contribution in [-0.2, 0) is 28.7 Å². The molecule has 3 aliphatic rings. The Labute approximate surface area is 294 Å². The molecular formula is C39H48N4O7. The van der Waals surface area contributed by atoms with E-state index in [1.165, 1.54) is 5.01 Å². The molecule has 266 valence electrons. The van der Waals surface area contributed by atoms with E-state index in [1.54, 1.807) is 39.8 Å². The summed E-state index contributed by atoms with van der Waals surface area (Å²) in [5.74, 6) is -3.53. The number of unbranched alkanes of at least 4 members (excludes halogenated alkanes) is 2. The lowest BCUT2D eigenvalue weighted by molar-refractivity contribution is -0.150. The molecule has 3 amide bonds. The van der Waals surface area contributed by atoms with Gasteiger partial charge in [0.15, 0.2) is 0 Å². The SMILES string of the molecule is C=CCCCCN(NC(=O)OC(C)(C)C)C(=O)[C@@H]1C[C@H](ON=C2c3ccccc3-c3ccccc32)C[C@H]1C(=O)N[C@]1(C(=O)OCC)C[C@H]1C=C. The fourth-order valence-electron chi connectivity index (χ4n) is 6.83. The maximum atomic E-state index is 14.4. The maximum absolute atomic E-state index is 14.4. The Morgan fingerprint density at radius 2 is 1.58 bits per heavy atom. The van der Waals surface area contributed by atoms with Crippen molar-refractivity contribution in [2.45, 2.75) is 83.5 Å². The van der Waals surface area contributed by atoms with E-state index in [2.05, 4.69) is 29.1 Å². The Kier molecular flexibility index (Phi) is 11.1. The van der Waals surface area contributed by atoms with Crippen LogP contribution in [0.3, 0.4) is 0 Å². The van der Waals surface area contributed by atoms with E-state index in [0.717, 1.165) is 35.1 Å². The molecule has 0 bridgehead atoms. The molecule has 0 unspecified atom stereocenters. The lowest BCUT2D eigenvalue weighted by atomic mass is 9.93. The first kappa shape index (κ1) is 36.4. The molecule has 2 saturated carbocycles. The predicted molar refractivity (Wildman–Crippen MR) is 190 cm³/mol. The van der Waals surface area contributed by atoms with Gasteiger partial charge in [0.2, 0.25) is 11.8 Å². The van der Waals surface area contributed by atoms with Crippen LogP contribution in [0.2, 0.25) is 0 Å². The van der Waals surface area contributed by atoms with Crippen molar-refractivity contribution in [1.82, 2.24) is 15.8 Å². The molecule has 0 saturated heterocycles. The van der Waals surface area contributed by atoms with Gasteiger partial charge in [-0.1, -0.05) is 65.8 Å². The lowest BCUT2D eigenvalue weighted by Crippen LogP contribution is -2.53. The molecule has 11 heteroatoms. The summed E-state index contributed by atoms with van der Waals surface area (Å²) in [5.41, 5.74) is 5.23. The number of hydrogen-bond acceptors (Lipinski definition) is 8. The third-order valence-electron chi connectivity index (χ3n) is 9.34. The summed E-state index contributed by atoms with van der Waals surface area (Å²) in [6.45, 7) is 14.8. The van der Waals surface area contributed by atoms with Crippen LogP contribution >= 0.6 is 0 Å². The van der Waals surface area contributed by atoms with E-state index in [-0.39, 0.29) is 31.9 Å². The van der Waals surface area contributed by atoms with E-state index < -0.39 is 53.0 Å². The monoisotopic (exact) mass is 684 g/mol. The molecule has 2 aromatic carbocycles. The molecule has 0 radical (unpaired) electrons. The number of hydrogen-bond donors (Lipinski definition) is 2. The number of ether oxygens (including phenoxy) is 2. The lowest BCUT2D eigenvalue weighted by Gasteiger charge is -2.30. The average Bonchev–Trinajstić information content (AvgIpc) is 3.47. The fourth-order valence-corrected chi connectivity index (χ4v) is 6.83. The largest absolute Gasteiger partial charge is 0.464 e. The number of fused-ring (bicyclic) bond motifs is 3. The van der Waals surface area contributed by atoms with E-state index >= 15 is 0 Å². The minimum Gasteiger partial charge on any atom is -0.464 e. The third kappa shape index (κ3) is 7.93. The number of carbonyl (C=O) groups is 4. The zero-order chi connectivity index (χ0) is 36.1. The van der Waals surface area contributed by atoms with Crippen LogP contribution < -0.4 is 10.7 Å². The number of nitrogens with zero attached hydrogens (tertiary/aromatic N) is 2. The number of esters is 1. The molecule has 0 aliphatic heterocycles. The van der Waals surface area contributed by atoms with Crippen LogP contribution in [0, 0.1) is 17.8 Å². The van der Waals surface area contributed by atoms with Gasteiger partial charge in [0.05, 0.1) is 18.4 Å². The number of rotatable bonds is 13. The average molecular weight is 685 g/mol. The van der Waals surface area contributed by atoms with Gasteiger partial charge in [-0.25, -0.2) is 15.0 Å². The van der Waals surface area contributed by atoms with Crippen LogP contribution in [0.1, 0.15) is 77.3 Å². The molecule has 5 atom stereocenters. The Balaban J connectivity index is 1.42. The molecule has 2 aromatic rings. The zero-order valence-electron chi connectivity index (χ0n) is 29.4. The summed E-state index contributed by atoms with van der Waals surface area (Å²) in [4.78, 5) is 60.6. The van der Waals surface area contributed by atoms with Crippen LogP contribution in [0.15, 0.2) is 79.0 Å². The maximum Gasteiger partial charge on any atom is 0.426 e. The number of carbonyl (C=O) groups excluding carboxylic acids is 4. The smallest absolute Gasteiger partial charge is 0.426 e. The number of hydrazine groups is 1. The summed E-state index contributed by atoms with van der Waals surface area (Å²) in [6, 6.07) is 15.9. The summed E-state index contributed by atoms with van der Waals surface area (Å²) in [6.07, 6.45) is 4.78. The third-order valence-corrected chi connectivity index (χ3v) is 9.34. The summed E-state index contributed by atoms with van der Waals surface area (Å²) < 4.78 is 10.8. The van der Waals surface area contributed by atoms with Crippen LogP contribution in [0.4, 0.5) is 4.79 Å². The number of allylic oxidation sites excluding steroid dienone is 1. The highest BCUT2D eigenvalue weighted by molar-refractivity contribution is 6.24. The molecule has 50 heavy (non-hydrogen) atoms. The van der Waals surface area contributed by atoms with Gasteiger partial charge in [-0.3, -0.25) is 14.6 Å². The Bertz CT molecular complexity index is 1620. The molecule has 5 rings (SSSR count). The van der Waals surface area contributed by atoms with Gasteiger partial charge in [-0.05, 0) is 77.3 Å². The first-order valence-corrected chi connectivity index (χ1v) is 17.4. The summed E-state index contributed by atoms with van der Waals surface area (Å²) >= 11 is 0. The van der Waals surface area contributed by atoms with Crippen molar-refractivity contribution in [1.29, 1.82) is 0 Å². The Morgan fingerprint density at radius 1 is 0.960 bits per heavy atom. The Hall–Kier alpha value is -4.93. The standard InChI is InChI=1S/C39H48N4O7/c1-7-10-11-16-21-43(41-37(47)49-38(4,5)6)35(45)32-23-26(22-31(32)34(44)40-39(24-25(39)8-2)36(46)48-9-3)50-42-33-29-19-14-12-17-27(29)28-18-13-15-20-30(28)33/h7-8,12-15,17-20,25-26,31-32H,1-2,9-11,16,21-24H2,3-6H3,(H,40,44)(H,41,47)/t25-,26-,31-,32-,39-/m1/s1. The van der Waals surface area contributed by atoms with Crippen LogP contribution in [0.5, 0.6) is 0 Å². The second-order valence-corrected chi connectivity index (χ2v) is 14.1. The van der Waals surface area contributed by atoms with Crippen molar-refractivity contribution in [3.63, 3.8) is 0 Å². The van der Waals surface area contributed by atoms with Crippen molar-refractivity contribution in [2.24, 2.45) is 22.9 Å². The number of benzene rings is 2. The number of amides is 3. The second kappa shape index (κ2) is 15.3. The van der Waals surface area contributed by atoms with Gasteiger partial charge >= 0.3 is 12.1 Å². The van der Waals surface area contributed by atoms with Crippen LogP contribution in [-0.4, -0.2) is 65.0 Å². The second-order valence-electron chi connectivity index (χ2n) is 14.1. The van der Waals surface area contributed by atoms with Crippen molar-refractivity contribution >= 4 is 29.6 Å². The highest BCUT2D eigenvalue weighted by atomic mass is 16.6. The van der Waals surface area contributed by atoms with Crippen molar-refractivity contribution in [3.8, 4) is 11.1 Å². The van der Waals surface area contributed by atoms with E-state index in [9.17, 15) is 19.2 Å². The molecule has 3 aliphatic carbocycles. The fraction of sp³-hybridized carbons (Fsp3) is 0.462. The van der Waals surface area contributed by atoms with Crippen molar-refractivity contribution in [2.75, 3.05) is 13.2 Å². The quantitative estimate of drug-likeness (QED) is 0.0965. The molecule has 0 heterocycles. The molecule has 0 aromatic heterocycles. The number of oxime groups is 1. The first-order chi connectivity index (χ1) is 23.9. The molecule has 2 N–H and O–H groups in total. The molecule has 11 nitrogen and oxygen atoms in total. The van der Waals surface area contributed by atoms with Gasteiger partial charge in [0.1, 0.15) is 23.0 Å². The highest BCUT2D eigenvalue weighted by Gasteiger charge is 2.62. The van der Waals surface area contributed by atoms with Crippen LogP contribution in [0.25, 0.3) is 11.1 Å². The Morgan fingerprint density at radius 3 is 2.14 bits per heavy atom. The molecule has 2 fully saturated rings. The van der Waals surface area contributed by atoms with E-state index in [4.69, 9.17) is 14.3 Å². The first-order valence-electron chi connectivity index (χ1n) is 17.4. The number of nitrogens with one attached hydrogen (secondary N) is 2. The van der Waals surface area contributed by atoms with Gasteiger partial charge in [-0.15, -0.1) is 13.2 Å². The summed E-state index contributed by atoms with van der Waals surface area (Å²) in [5, 5.41) is 8.78. The molecule has 0 spiro atoms.